The number of Topliss-reactive ketones (excluding diaryl/α,β-unsaturated/α-hetero) is 1. The molecule has 0 fully saturated rings. The van der Waals surface area contributed by atoms with E-state index in [1.54, 1.807) is 0 Å². The highest BCUT2D eigenvalue weighted by Gasteiger charge is 2.16. The van der Waals surface area contributed by atoms with Crippen molar-refractivity contribution in [2.45, 2.75) is 13.8 Å². The number of amides is 2. The van der Waals surface area contributed by atoms with E-state index in [-0.39, 0.29) is 11.4 Å². The molecule has 140 valence electrons. The Labute approximate surface area is 152 Å². The van der Waals surface area contributed by atoms with Gasteiger partial charge in [-0.05, 0) is 50.2 Å². The molecule has 2 N–H and O–H groups in total. The van der Waals surface area contributed by atoms with Gasteiger partial charge in [-0.15, -0.1) is 0 Å². The molecule has 0 aliphatic rings. The van der Waals surface area contributed by atoms with Crippen LogP contribution in [0.5, 0.6) is 0 Å². The number of carbonyl (C=O) groups is 3. The summed E-state index contributed by atoms with van der Waals surface area (Å²) in [6, 6.07) is 7.66. The highest BCUT2D eigenvalue weighted by atomic mass is 19.2. The molecule has 0 aliphatic heterocycles. The average molecular weight is 376 g/mol. The van der Waals surface area contributed by atoms with Gasteiger partial charge in [0.1, 0.15) is 0 Å². The van der Waals surface area contributed by atoms with Gasteiger partial charge in [-0.1, -0.05) is 0 Å². The van der Waals surface area contributed by atoms with Gasteiger partial charge in [0.05, 0.1) is 5.69 Å². The first-order valence-electron chi connectivity index (χ1n) is 7.74. The van der Waals surface area contributed by atoms with Crippen LogP contribution in [0.25, 0.3) is 0 Å². The Morgan fingerprint density at radius 3 is 2.07 bits per heavy atom. The van der Waals surface area contributed by atoms with E-state index in [0.29, 0.717) is 17.3 Å². The highest BCUT2D eigenvalue weighted by Crippen LogP contribution is 2.20. The summed E-state index contributed by atoms with van der Waals surface area (Å²) in [7, 11) is 0. The summed E-state index contributed by atoms with van der Waals surface area (Å²) in [6.07, 6.45) is 0.964. The van der Waals surface area contributed by atoms with Gasteiger partial charge in [-0.25, -0.2) is 13.2 Å². The van der Waals surface area contributed by atoms with Crippen LogP contribution in [0.1, 0.15) is 24.2 Å². The lowest BCUT2D eigenvalue weighted by molar-refractivity contribution is -0.114. The van der Waals surface area contributed by atoms with Crippen LogP contribution >= 0.6 is 0 Å². The fourth-order valence-electron chi connectivity index (χ4n) is 2.07. The Morgan fingerprint density at radius 1 is 0.852 bits per heavy atom. The van der Waals surface area contributed by atoms with E-state index < -0.39 is 35.0 Å². The zero-order valence-electron chi connectivity index (χ0n) is 14.4. The Hall–Kier alpha value is -3.42. The monoisotopic (exact) mass is 376 g/mol. The van der Waals surface area contributed by atoms with E-state index in [1.807, 2.05) is 0 Å². The van der Waals surface area contributed by atoms with Crippen molar-refractivity contribution in [3.8, 4) is 0 Å². The van der Waals surface area contributed by atoms with Crippen molar-refractivity contribution in [2.24, 2.45) is 0 Å². The molecule has 27 heavy (non-hydrogen) atoms. The molecule has 2 aromatic rings. The van der Waals surface area contributed by atoms with E-state index in [1.165, 1.54) is 38.1 Å². The van der Waals surface area contributed by atoms with Gasteiger partial charge < -0.3 is 10.6 Å². The third kappa shape index (κ3) is 5.04. The zero-order chi connectivity index (χ0) is 20.1. The first kappa shape index (κ1) is 19.9. The summed E-state index contributed by atoms with van der Waals surface area (Å²) in [5, 5.41) is 4.56. The van der Waals surface area contributed by atoms with E-state index >= 15 is 0 Å². The number of halogens is 3. The van der Waals surface area contributed by atoms with E-state index in [0.717, 1.165) is 12.1 Å². The number of anilines is 2. The number of hydrogen-bond acceptors (Lipinski definition) is 3. The molecule has 2 rings (SSSR count). The molecule has 5 nitrogen and oxygen atoms in total. The summed E-state index contributed by atoms with van der Waals surface area (Å²) in [6.45, 7) is 2.71. The summed E-state index contributed by atoms with van der Waals surface area (Å²) in [5.74, 6) is -6.24. The third-order valence-electron chi connectivity index (χ3n) is 3.55. The molecule has 0 aliphatic carbocycles. The number of rotatable bonds is 5. The molecule has 0 spiro atoms. The maximum absolute atomic E-state index is 13.6. The molecule has 0 unspecified atom stereocenters. The van der Waals surface area contributed by atoms with Crippen molar-refractivity contribution in [2.75, 3.05) is 10.6 Å². The molecule has 0 bridgehead atoms. The standard InChI is InChI=1S/C19H15F3N2O3/c1-10(19(27)24-15-8-7-14(20)17(21)18(15)22)9-16(26)23-13-5-3-12(4-6-13)11(2)25/h3-9H,1-2H3,(H,23,26)(H,24,27)/b10-9-. The van der Waals surface area contributed by atoms with Crippen molar-refractivity contribution in [1.82, 2.24) is 0 Å². The van der Waals surface area contributed by atoms with Gasteiger partial charge in [0.25, 0.3) is 5.91 Å². The van der Waals surface area contributed by atoms with Crippen LogP contribution in [-0.4, -0.2) is 17.6 Å². The van der Waals surface area contributed by atoms with Crippen LogP contribution in [0, 0.1) is 17.5 Å². The van der Waals surface area contributed by atoms with Gasteiger partial charge in [0, 0.05) is 22.9 Å². The molecule has 0 saturated heterocycles. The lowest BCUT2D eigenvalue weighted by atomic mass is 10.1. The second-order valence-corrected chi connectivity index (χ2v) is 5.63. The lowest BCUT2D eigenvalue weighted by Crippen LogP contribution is -2.17. The minimum atomic E-state index is -1.71. The molecule has 0 saturated carbocycles. The quantitative estimate of drug-likeness (QED) is 0.473. The molecule has 2 aromatic carbocycles. The molecule has 0 atom stereocenters. The van der Waals surface area contributed by atoms with E-state index in [2.05, 4.69) is 10.6 Å². The van der Waals surface area contributed by atoms with Crippen LogP contribution in [0.4, 0.5) is 24.5 Å². The van der Waals surface area contributed by atoms with Gasteiger partial charge in [-0.2, -0.15) is 0 Å². The Bertz CT molecular complexity index is 938. The van der Waals surface area contributed by atoms with E-state index in [4.69, 9.17) is 0 Å². The van der Waals surface area contributed by atoms with Crippen molar-refractivity contribution in [1.29, 1.82) is 0 Å². The molecular weight excluding hydrogens is 361 g/mol. The number of nitrogens with one attached hydrogen (secondary N) is 2. The summed E-state index contributed by atoms with van der Waals surface area (Å²) in [4.78, 5) is 35.1. The first-order valence-corrected chi connectivity index (χ1v) is 7.74. The molecule has 2 amide bonds. The fourth-order valence-corrected chi connectivity index (χ4v) is 2.07. The van der Waals surface area contributed by atoms with Crippen LogP contribution in [0.15, 0.2) is 48.0 Å². The highest BCUT2D eigenvalue weighted by molar-refractivity contribution is 6.10. The fraction of sp³-hybridized carbons (Fsp3) is 0.105. The molecule has 0 radical (unpaired) electrons. The second-order valence-electron chi connectivity index (χ2n) is 5.63. The average Bonchev–Trinajstić information content (AvgIpc) is 2.62. The van der Waals surface area contributed by atoms with Crippen molar-refractivity contribution < 1.29 is 27.6 Å². The summed E-state index contributed by atoms with van der Waals surface area (Å²) < 4.78 is 39.6. The second kappa shape index (κ2) is 8.31. The largest absolute Gasteiger partial charge is 0.323 e. The van der Waals surface area contributed by atoms with Crippen LogP contribution in [0.3, 0.4) is 0 Å². The molecular formula is C19H15F3N2O3. The summed E-state index contributed by atoms with van der Waals surface area (Å²) in [5.41, 5.74) is 0.248. The number of ketones is 1. The molecule has 0 aromatic heterocycles. The maximum Gasteiger partial charge on any atom is 0.251 e. The Kier molecular flexibility index (Phi) is 6.12. The van der Waals surface area contributed by atoms with Crippen LogP contribution in [-0.2, 0) is 9.59 Å². The van der Waals surface area contributed by atoms with Gasteiger partial charge in [0.15, 0.2) is 23.2 Å². The van der Waals surface area contributed by atoms with Crippen LogP contribution in [0.2, 0.25) is 0 Å². The smallest absolute Gasteiger partial charge is 0.251 e. The van der Waals surface area contributed by atoms with Gasteiger partial charge in [0.2, 0.25) is 5.91 Å². The molecule has 8 heteroatoms. The van der Waals surface area contributed by atoms with Crippen molar-refractivity contribution in [3.63, 3.8) is 0 Å². The Morgan fingerprint density at radius 2 is 1.48 bits per heavy atom. The Balaban J connectivity index is 2.05. The third-order valence-corrected chi connectivity index (χ3v) is 3.55. The van der Waals surface area contributed by atoms with Gasteiger partial charge in [-0.3, -0.25) is 14.4 Å². The first-order chi connectivity index (χ1) is 12.7. The zero-order valence-corrected chi connectivity index (χ0v) is 14.4. The predicted molar refractivity (Wildman–Crippen MR) is 93.8 cm³/mol. The van der Waals surface area contributed by atoms with Crippen molar-refractivity contribution in [3.05, 3.63) is 71.1 Å². The minimum absolute atomic E-state index is 0.0861. The van der Waals surface area contributed by atoms with Crippen LogP contribution < -0.4 is 10.6 Å². The van der Waals surface area contributed by atoms with Crippen molar-refractivity contribution >= 4 is 29.0 Å². The number of hydrogen-bond donors (Lipinski definition) is 2. The number of benzene rings is 2. The normalized spacial score (nSPS) is 11.1. The minimum Gasteiger partial charge on any atom is -0.323 e. The summed E-state index contributed by atoms with van der Waals surface area (Å²) >= 11 is 0. The van der Waals surface area contributed by atoms with Gasteiger partial charge >= 0.3 is 0 Å². The SMILES string of the molecule is CC(=O)c1ccc(NC(=O)/C=C(/C)C(=O)Nc2ccc(F)c(F)c2F)cc1. The predicted octanol–water partition coefficient (Wildman–Crippen LogP) is 3.83. The lowest BCUT2D eigenvalue weighted by Gasteiger charge is -2.08. The van der Waals surface area contributed by atoms with E-state index in [9.17, 15) is 27.6 Å². The number of carbonyl (C=O) groups excluding carboxylic acids is 3. The topological polar surface area (TPSA) is 75.3 Å². The molecule has 0 heterocycles. The maximum atomic E-state index is 13.6.